The van der Waals surface area contributed by atoms with Gasteiger partial charge in [-0.25, -0.2) is 4.39 Å². The number of rotatable bonds is 5. The monoisotopic (exact) mass is 263 g/mol. The van der Waals surface area contributed by atoms with Gasteiger partial charge in [0.2, 0.25) is 11.7 Å². The van der Waals surface area contributed by atoms with Crippen LogP contribution in [0.5, 0.6) is 0 Å². The molecular weight excluding hydrogens is 245 g/mol. The van der Waals surface area contributed by atoms with Gasteiger partial charge in [-0.15, -0.1) is 0 Å². The molecule has 2 rings (SSSR count). The van der Waals surface area contributed by atoms with E-state index in [0.717, 1.165) is 18.4 Å². The highest BCUT2D eigenvalue weighted by molar-refractivity contribution is 5.59. The van der Waals surface area contributed by atoms with E-state index >= 15 is 0 Å². The van der Waals surface area contributed by atoms with Crippen molar-refractivity contribution in [2.75, 3.05) is 6.54 Å². The van der Waals surface area contributed by atoms with Crippen LogP contribution in [0, 0.1) is 12.7 Å². The van der Waals surface area contributed by atoms with Crippen LogP contribution >= 0.6 is 0 Å². The number of aryl methyl sites for hydroxylation is 1. The molecule has 0 bridgehead atoms. The number of aromatic nitrogens is 2. The number of halogens is 1. The van der Waals surface area contributed by atoms with Gasteiger partial charge in [0.1, 0.15) is 5.82 Å². The van der Waals surface area contributed by atoms with E-state index < -0.39 is 0 Å². The fourth-order valence-corrected chi connectivity index (χ4v) is 2.04. The van der Waals surface area contributed by atoms with Gasteiger partial charge in [-0.05, 0) is 31.0 Å². The van der Waals surface area contributed by atoms with Crippen molar-refractivity contribution in [2.24, 2.45) is 5.73 Å². The Bertz CT molecular complexity index is 553. The molecule has 0 aliphatic carbocycles. The van der Waals surface area contributed by atoms with Crippen molar-refractivity contribution in [1.82, 2.24) is 10.1 Å². The zero-order chi connectivity index (χ0) is 13.8. The van der Waals surface area contributed by atoms with Gasteiger partial charge in [0.05, 0.1) is 5.92 Å². The molecule has 2 N–H and O–H groups in total. The summed E-state index contributed by atoms with van der Waals surface area (Å²) in [6, 6.07) is 4.54. The zero-order valence-corrected chi connectivity index (χ0v) is 11.2. The summed E-state index contributed by atoms with van der Waals surface area (Å²) in [6.07, 6.45) is 1.90. The molecule has 0 amide bonds. The predicted octanol–water partition coefficient (Wildman–Crippen LogP) is 3.03. The summed E-state index contributed by atoms with van der Waals surface area (Å²) in [7, 11) is 0. The van der Waals surface area contributed by atoms with Crippen LogP contribution in [0.25, 0.3) is 11.4 Å². The second-order valence-corrected chi connectivity index (χ2v) is 4.64. The molecule has 1 atom stereocenters. The fraction of sp³-hybridized carbons (Fsp3) is 0.429. The van der Waals surface area contributed by atoms with E-state index in [-0.39, 0.29) is 11.7 Å². The third kappa shape index (κ3) is 2.98. The maximum Gasteiger partial charge on any atom is 0.231 e. The van der Waals surface area contributed by atoms with Crippen LogP contribution in [0.2, 0.25) is 0 Å². The van der Waals surface area contributed by atoms with Crippen molar-refractivity contribution in [3.8, 4) is 11.4 Å². The van der Waals surface area contributed by atoms with Gasteiger partial charge in [0.15, 0.2) is 0 Å². The average molecular weight is 263 g/mol. The van der Waals surface area contributed by atoms with Crippen molar-refractivity contribution in [3.63, 3.8) is 0 Å². The summed E-state index contributed by atoms with van der Waals surface area (Å²) in [5, 5.41) is 3.93. The first-order valence-electron chi connectivity index (χ1n) is 6.46. The number of hydrogen-bond acceptors (Lipinski definition) is 4. The minimum absolute atomic E-state index is 0.0696. The second kappa shape index (κ2) is 5.93. The molecule has 0 saturated heterocycles. The lowest BCUT2D eigenvalue weighted by molar-refractivity contribution is 0.347. The molecule has 1 aromatic heterocycles. The van der Waals surface area contributed by atoms with Gasteiger partial charge >= 0.3 is 0 Å². The molecule has 102 valence electrons. The summed E-state index contributed by atoms with van der Waals surface area (Å²) in [5.41, 5.74) is 7.27. The van der Waals surface area contributed by atoms with Crippen LogP contribution < -0.4 is 5.73 Å². The summed E-state index contributed by atoms with van der Waals surface area (Å²) < 4.78 is 18.5. The van der Waals surface area contributed by atoms with E-state index in [1.165, 1.54) is 12.1 Å². The highest BCUT2D eigenvalue weighted by Crippen LogP contribution is 2.25. The van der Waals surface area contributed by atoms with Crippen molar-refractivity contribution in [3.05, 3.63) is 35.5 Å². The molecule has 4 nitrogen and oxygen atoms in total. The highest BCUT2D eigenvalue weighted by Gasteiger charge is 2.18. The average Bonchev–Trinajstić information content (AvgIpc) is 2.88. The Balaban J connectivity index is 2.32. The molecule has 5 heteroatoms. The number of benzene rings is 1. The smallest absolute Gasteiger partial charge is 0.231 e. The Morgan fingerprint density at radius 2 is 2.21 bits per heavy atom. The SMILES string of the molecule is CCCC(CN)c1nc(-c2cc(F)ccc2C)no1. The van der Waals surface area contributed by atoms with E-state index in [1.54, 1.807) is 6.07 Å². The van der Waals surface area contributed by atoms with Crippen LogP contribution in [0.1, 0.15) is 37.1 Å². The molecule has 1 aromatic carbocycles. The molecular formula is C14H18FN3O. The predicted molar refractivity (Wildman–Crippen MR) is 71.1 cm³/mol. The lowest BCUT2D eigenvalue weighted by atomic mass is 10.0. The van der Waals surface area contributed by atoms with Gasteiger partial charge in [-0.3, -0.25) is 0 Å². The van der Waals surface area contributed by atoms with Crippen molar-refractivity contribution in [2.45, 2.75) is 32.6 Å². The Hall–Kier alpha value is -1.75. The van der Waals surface area contributed by atoms with Gasteiger partial charge < -0.3 is 10.3 Å². The van der Waals surface area contributed by atoms with Crippen LogP contribution in [0.15, 0.2) is 22.7 Å². The zero-order valence-electron chi connectivity index (χ0n) is 11.2. The maximum absolute atomic E-state index is 13.3. The summed E-state index contributed by atoms with van der Waals surface area (Å²) in [6.45, 7) is 4.44. The standard InChI is InChI=1S/C14H18FN3O/c1-3-4-10(8-16)14-17-13(18-19-14)12-7-11(15)6-5-9(12)2/h5-7,10H,3-4,8,16H2,1-2H3. The van der Waals surface area contributed by atoms with E-state index in [0.29, 0.717) is 23.8 Å². The number of nitrogens with two attached hydrogens (primary N) is 1. The van der Waals surface area contributed by atoms with Gasteiger partial charge in [0, 0.05) is 12.1 Å². The molecule has 0 aliphatic rings. The van der Waals surface area contributed by atoms with Crippen LogP contribution in [0.4, 0.5) is 4.39 Å². The molecule has 1 heterocycles. The molecule has 2 aromatic rings. The Labute approximate surface area is 111 Å². The van der Waals surface area contributed by atoms with Crippen molar-refractivity contribution in [1.29, 1.82) is 0 Å². The molecule has 0 fully saturated rings. The molecule has 0 radical (unpaired) electrons. The largest absolute Gasteiger partial charge is 0.339 e. The topological polar surface area (TPSA) is 64.9 Å². The van der Waals surface area contributed by atoms with Crippen LogP contribution in [-0.4, -0.2) is 16.7 Å². The highest BCUT2D eigenvalue weighted by atomic mass is 19.1. The first-order chi connectivity index (χ1) is 9.15. The van der Waals surface area contributed by atoms with Gasteiger partial charge in [0.25, 0.3) is 0 Å². The van der Waals surface area contributed by atoms with E-state index in [9.17, 15) is 4.39 Å². The molecule has 0 saturated carbocycles. The van der Waals surface area contributed by atoms with Crippen molar-refractivity contribution < 1.29 is 8.91 Å². The first-order valence-corrected chi connectivity index (χ1v) is 6.46. The van der Waals surface area contributed by atoms with E-state index in [1.807, 2.05) is 6.92 Å². The third-order valence-electron chi connectivity index (χ3n) is 3.15. The van der Waals surface area contributed by atoms with Gasteiger partial charge in [-0.1, -0.05) is 24.6 Å². The van der Waals surface area contributed by atoms with Crippen molar-refractivity contribution >= 4 is 0 Å². The quantitative estimate of drug-likeness (QED) is 0.900. The summed E-state index contributed by atoms with van der Waals surface area (Å²) in [5.74, 6) is 0.709. The number of nitrogens with zero attached hydrogens (tertiary/aromatic N) is 2. The maximum atomic E-state index is 13.3. The summed E-state index contributed by atoms with van der Waals surface area (Å²) in [4.78, 5) is 4.35. The normalized spacial score (nSPS) is 12.6. The fourth-order valence-electron chi connectivity index (χ4n) is 2.04. The van der Waals surface area contributed by atoms with Crippen LogP contribution in [-0.2, 0) is 0 Å². The first kappa shape index (κ1) is 13.7. The van der Waals surface area contributed by atoms with E-state index in [2.05, 4.69) is 17.1 Å². The third-order valence-corrected chi connectivity index (χ3v) is 3.15. The van der Waals surface area contributed by atoms with Gasteiger partial charge in [-0.2, -0.15) is 4.98 Å². The Kier molecular flexibility index (Phi) is 4.27. The molecule has 19 heavy (non-hydrogen) atoms. The lowest BCUT2D eigenvalue weighted by Gasteiger charge is -2.06. The second-order valence-electron chi connectivity index (χ2n) is 4.64. The summed E-state index contributed by atoms with van der Waals surface area (Å²) >= 11 is 0. The minimum atomic E-state index is -0.309. The minimum Gasteiger partial charge on any atom is -0.339 e. The van der Waals surface area contributed by atoms with Crippen LogP contribution in [0.3, 0.4) is 0 Å². The number of hydrogen-bond donors (Lipinski definition) is 1. The lowest BCUT2D eigenvalue weighted by Crippen LogP contribution is -2.12. The Morgan fingerprint density at radius 3 is 2.89 bits per heavy atom. The molecule has 0 spiro atoms. The Morgan fingerprint density at radius 1 is 1.42 bits per heavy atom. The molecule has 1 unspecified atom stereocenters. The molecule has 0 aliphatic heterocycles. The van der Waals surface area contributed by atoms with E-state index in [4.69, 9.17) is 10.3 Å².